The molecule has 1 aromatic heterocycles. The third-order valence-electron chi connectivity index (χ3n) is 5.18. The fourth-order valence-corrected chi connectivity index (χ4v) is 3.96. The van der Waals surface area contributed by atoms with Gasteiger partial charge in [-0.15, -0.1) is 5.73 Å². The van der Waals surface area contributed by atoms with E-state index < -0.39 is 0 Å². The molecule has 0 fully saturated rings. The van der Waals surface area contributed by atoms with E-state index in [1.807, 2.05) is 32.1 Å². The molecule has 2 aromatic rings. The maximum atomic E-state index is 3.94. The summed E-state index contributed by atoms with van der Waals surface area (Å²) in [4.78, 5) is 0. The Morgan fingerprint density at radius 1 is 1.13 bits per heavy atom. The van der Waals surface area contributed by atoms with Gasteiger partial charge in [0.2, 0.25) is 0 Å². The van der Waals surface area contributed by atoms with Crippen LogP contribution in [0.15, 0.2) is 91.3 Å². The van der Waals surface area contributed by atoms with Gasteiger partial charge in [-0.3, -0.25) is 0 Å². The first-order valence-electron chi connectivity index (χ1n) is 11.0. The highest BCUT2D eigenvalue weighted by Gasteiger charge is 2.23. The first-order valence-corrected chi connectivity index (χ1v) is 11.0. The molecule has 0 amide bonds. The van der Waals surface area contributed by atoms with Gasteiger partial charge in [0.15, 0.2) is 0 Å². The maximum absolute atomic E-state index is 3.94. The van der Waals surface area contributed by atoms with Gasteiger partial charge >= 0.3 is 0 Å². The van der Waals surface area contributed by atoms with Gasteiger partial charge in [0.05, 0.1) is 5.69 Å². The maximum Gasteiger partial charge on any atom is 0.0525 e. The number of nitrogens with zero attached hydrogens (tertiary/aromatic N) is 1. The summed E-state index contributed by atoms with van der Waals surface area (Å²) in [6, 6.07) is 10.4. The van der Waals surface area contributed by atoms with Gasteiger partial charge < -0.3 is 9.88 Å². The third kappa shape index (κ3) is 6.38. The number of nitrogens with one attached hydrogen (secondary N) is 1. The van der Waals surface area contributed by atoms with Crippen LogP contribution < -0.4 is 5.32 Å². The van der Waals surface area contributed by atoms with Gasteiger partial charge in [-0.2, -0.15) is 0 Å². The van der Waals surface area contributed by atoms with E-state index in [0.29, 0.717) is 5.92 Å². The van der Waals surface area contributed by atoms with Crippen molar-refractivity contribution in [3.8, 4) is 0 Å². The van der Waals surface area contributed by atoms with Crippen LogP contribution in [0.4, 0.5) is 5.69 Å². The zero-order valence-electron chi connectivity index (χ0n) is 19.7. The average Bonchev–Trinajstić information content (AvgIpc) is 3.04. The number of aromatic nitrogens is 1. The lowest BCUT2D eigenvalue weighted by Gasteiger charge is -2.14. The monoisotopic (exact) mass is 412 g/mol. The van der Waals surface area contributed by atoms with Crippen LogP contribution in [0, 0.1) is 0 Å². The molecule has 1 N–H and O–H groups in total. The van der Waals surface area contributed by atoms with Crippen LogP contribution in [0.1, 0.15) is 56.1 Å². The van der Waals surface area contributed by atoms with Crippen molar-refractivity contribution in [1.82, 2.24) is 4.57 Å². The molecule has 0 spiro atoms. The quantitative estimate of drug-likeness (QED) is 0.312. The lowest BCUT2D eigenvalue weighted by atomic mass is 9.97. The highest BCUT2D eigenvalue weighted by Crippen LogP contribution is 2.34. The van der Waals surface area contributed by atoms with Crippen molar-refractivity contribution >= 4 is 11.3 Å². The van der Waals surface area contributed by atoms with Crippen molar-refractivity contribution in [2.24, 2.45) is 7.05 Å². The number of anilines is 1. The summed E-state index contributed by atoms with van der Waals surface area (Å²) in [7, 11) is 2.18. The van der Waals surface area contributed by atoms with E-state index in [1.165, 1.54) is 22.5 Å². The van der Waals surface area contributed by atoms with E-state index in [4.69, 9.17) is 0 Å². The van der Waals surface area contributed by atoms with Crippen molar-refractivity contribution in [2.75, 3.05) is 5.32 Å². The molecule has 0 aliphatic heterocycles. The van der Waals surface area contributed by atoms with Crippen LogP contribution >= 0.6 is 0 Å². The molecule has 0 saturated carbocycles. The Morgan fingerprint density at radius 3 is 2.48 bits per heavy atom. The largest absolute Gasteiger partial charge is 0.381 e. The number of rotatable bonds is 10. The predicted octanol–water partition coefficient (Wildman–Crippen LogP) is 7.74. The highest BCUT2D eigenvalue weighted by atomic mass is 15.0. The Bertz CT molecular complexity index is 1000. The molecule has 0 aliphatic rings. The van der Waals surface area contributed by atoms with Gasteiger partial charge in [-0.1, -0.05) is 75.1 Å². The first-order chi connectivity index (χ1) is 15.0. The molecule has 0 bridgehead atoms. The summed E-state index contributed by atoms with van der Waals surface area (Å²) in [6.07, 6.45) is 17.3. The van der Waals surface area contributed by atoms with Crippen LogP contribution in [0.5, 0.6) is 0 Å². The van der Waals surface area contributed by atoms with Crippen molar-refractivity contribution in [1.29, 1.82) is 0 Å². The minimum absolute atomic E-state index is 0.403. The smallest absolute Gasteiger partial charge is 0.0525 e. The second-order valence-electron chi connectivity index (χ2n) is 7.74. The Labute approximate surface area is 188 Å². The van der Waals surface area contributed by atoms with Gasteiger partial charge in [-0.05, 0) is 61.6 Å². The summed E-state index contributed by atoms with van der Waals surface area (Å²) < 4.78 is 2.36. The fraction of sp³-hybridized carbons (Fsp3) is 0.276. The lowest BCUT2D eigenvalue weighted by Crippen LogP contribution is -2.07. The summed E-state index contributed by atoms with van der Waals surface area (Å²) in [5.41, 5.74) is 10.8. The number of allylic oxidation sites excluding steroid dienone is 8. The molecule has 2 rings (SSSR count). The molecule has 162 valence electrons. The minimum atomic E-state index is 0.403. The van der Waals surface area contributed by atoms with Crippen LogP contribution in [-0.4, -0.2) is 4.57 Å². The molecule has 0 unspecified atom stereocenters. The lowest BCUT2D eigenvalue weighted by molar-refractivity contribution is 0.725. The normalized spacial score (nSPS) is 11.9. The molecular formula is C29H36N2. The molecule has 2 nitrogen and oxygen atoms in total. The molecule has 0 atom stereocenters. The van der Waals surface area contributed by atoms with E-state index in [9.17, 15) is 0 Å². The molecule has 31 heavy (non-hydrogen) atoms. The SMILES string of the molecule is C=C/C=C(\C=C=CC)c1c(C/C=C\C=C/C)c(CNc2ccccc2)c(C(C)C)n1C. The fourth-order valence-electron chi connectivity index (χ4n) is 3.96. The van der Waals surface area contributed by atoms with Crippen molar-refractivity contribution in [3.05, 3.63) is 114 Å². The predicted molar refractivity (Wildman–Crippen MR) is 137 cm³/mol. The van der Waals surface area contributed by atoms with Gasteiger partial charge in [0.1, 0.15) is 0 Å². The van der Waals surface area contributed by atoms with Crippen molar-refractivity contribution in [2.45, 2.75) is 46.6 Å². The summed E-state index contributed by atoms with van der Waals surface area (Å²) in [5, 5.41) is 3.63. The topological polar surface area (TPSA) is 17.0 Å². The summed E-state index contributed by atoms with van der Waals surface area (Å²) in [5.74, 6) is 0.403. The molecular weight excluding hydrogens is 376 g/mol. The van der Waals surface area contributed by atoms with E-state index in [0.717, 1.165) is 24.2 Å². The van der Waals surface area contributed by atoms with Gasteiger partial charge in [0, 0.05) is 30.5 Å². The second-order valence-corrected chi connectivity index (χ2v) is 7.74. The Balaban J connectivity index is 2.67. The molecule has 0 radical (unpaired) electrons. The van der Waals surface area contributed by atoms with E-state index in [1.54, 1.807) is 0 Å². The van der Waals surface area contributed by atoms with Crippen LogP contribution in [-0.2, 0) is 20.0 Å². The molecule has 1 heterocycles. The zero-order chi connectivity index (χ0) is 22.6. The zero-order valence-corrected chi connectivity index (χ0v) is 19.7. The van der Waals surface area contributed by atoms with Crippen LogP contribution in [0.25, 0.3) is 5.57 Å². The summed E-state index contributed by atoms with van der Waals surface area (Å²) in [6.45, 7) is 13.3. The van der Waals surface area contributed by atoms with Crippen molar-refractivity contribution < 1.29 is 0 Å². The first kappa shape index (κ1) is 24.1. The Kier molecular flexibility index (Phi) is 9.68. The third-order valence-corrected chi connectivity index (χ3v) is 5.18. The molecule has 2 heteroatoms. The van der Waals surface area contributed by atoms with E-state index >= 15 is 0 Å². The summed E-state index contributed by atoms with van der Waals surface area (Å²) >= 11 is 0. The van der Waals surface area contributed by atoms with Crippen LogP contribution in [0.2, 0.25) is 0 Å². The number of hydrogen-bond donors (Lipinski definition) is 1. The Hall–Kier alpha value is -3.22. The average molecular weight is 413 g/mol. The van der Waals surface area contributed by atoms with Crippen LogP contribution in [0.3, 0.4) is 0 Å². The van der Waals surface area contributed by atoms with Gasteiger partial charge in [0.25, 0.3) is 0 Å². The molecule has 0 saturated heterocycles. The molecule has 0 aliphatic carbocycles. The minimum Gasteiger partial charge on any atom is -0.381 e. The highest BCUT2D eigenvalue weighted by molar-refractivity contribution is 5.77. The van der Waals surface area contributed by atoms with Crippen molar-refractivity contribution in [3.63, 3.8) is 0 Å². The van der Waals surface area contributed by atoms with E-state index in [-0.39, 0.29) is 0 Å². The van der Waals surface area contributed by atoms with E-state index in [2.05, 4.69) is 104 Å². The molecule has 1 aromatic carbocycles. The van der Waals surface area contributed by atoms with Gasteiger partial charge in [-0.25, -0.2) is 0 Å². The standard InChI is InChI=1S/C29H36N2/c1-7-10-12-16-21-26-27(22-30-25-19-14-13-15-20-25)28(23(4)5)31(6)29(26)24(17-9-3)18-11-8-2/h7-10,12-20,23,30H,3,21-22H2,1-2,4-6H3/b10-7-,16-12-,24-17+. The number of benzene rings is 1. The Morgan fingerprint density at radius 2 is 1.87 bits per heavy atom. The number of hydrogen-bond acceptors (Lipinski definition) is 1. The second kappa shape index (κ2) is 12.5. The number of para-hydroxylation sites is 1.